The van der Waals surface area contributed by atoms with Crippen molar-refractivity contribution in [2.45, 2.75) is 26.1 Å². The van der Waals surface area contributed by atoms with Gasteiger partial charge in [0.2, 0.25) is 0 Å². The molecule has 0 amide bonds. The van der Waals surface area contributed by atoms with Gasteiger partial charge in [0.15, 0.2) is 0 Å². The molecule has 1 N–H and O–H groups in total. The predicted octanol–water partition coefficient (Wildman–Crippen LogP) is 6.56. The summed E-state index contributed by atoms with van der Waals surface area (Å²) in [6.07, 6.45) is 0. The van der Waals surface area contributed by atoms with Crippen molar-refractivity contribution in [3.63, 3.8) is 0 Å². The van der Waals surface area contributed by atoms with Gasteiger partial charge in [0.05, 0.1) is 5.02 Å². The lowest BCUT2D eigenvalue weighted by atomic mass is 10.1. The predicted molar refractivity (Wildman–Crippen MR) is 109 cm³/mol. The molecular weight excluding hydrogens is 384 g/mol. The summed E-state index contributed by atoms with van der Waals surface area (Å²) in [4.78, 5) is 0. The Morgan fingerprint density at radius 3 is 2.48 bits per heavy atom. The fourth-order valence-electron chi connectivity index (χ4n) is 2.74. The summed E-state index contributed by atoms with van der Waals surface area (Å²) in [5.41, 5.74) is 2.88. The fourth-order valence-corrected chi connectivity index (χ4v) is 3.16. The van der Waals surface area contributed by atoms with E-state index in [1.807, 2.05) is 30.3 Å². The van der Waals surface area contributed by atoms with Crippen LogP contribution in [0.3, 0.4) is 0 Å². The number of halogens is 3. The first kappa shape index (κ1) is 19.7. The Hall–Kier alpha value is -2.07. The maximum Gasteiger partial charge on any atom is 0.124 e. The summed E-state index contributed by atoms with van der Waals surface area (Å²) < 4.78 is 19.1. The van der Waals surface area contributed by atoms with Gasteiger partial charge in [-0.1, -0.05) is 59.6 Å². The number of hydrogen-bond acceptors (Lipinski definition) is 2. The van der Waals surface area contributed by atoms with Crippen LogP contribution in [-0.2, 0) is 13.2 Å². The van der Waals surface area contributed by atoms with Gasteiger partial charge in [0.1, 0.15) is 18.2 Å². The maximum atomic E-state index is 13.2. The molecule has 5 heteroatoms. The van der Waals surface area contributed by atoms with Gasteiger partial charge in [-0.3, -0.25) is 0 Å². The molecule has 0 unspecified atom stereocenters. The molecule has 0 fully saturated rings. The second-order valence-electron chi connectivity index (χ2n) is 6.29. The topological polar surface area (TPSA) is 21.3 Å². The van der Waals surface area contributed by atoms with Crippen molar-refractivity contribution in [1.82, 2.24) is 5.32 Å². The van der Waals surface area contributed by atoms with Crippen molar-refractivity contribution in [2.24, 2.45) is 0 Å². The monoisotopic (exact) mass is 403 g/mol. The molecule has 0 saturated heterocycles. The Labute approximate surface area is 168 Å². The van der Waals surface area contributed by atoms with Crippen molar-refractivity contribution in [3.8, 4) is 5.75 Å². The quantitative estimate of drug-likeness (QED) is 0.481. The van der Waals surface area contributed by atoms with E-state index in [2.05, 4.69) is 24.4 Å². The first-order valence-corrected chi connectivity index (χ1v) is 9.42. The maximum absolute atomic E-state index is 13.2. The van der Waals surface area contributed by atoms with Crippen molar-refractivity contribution in [2.75, 3.05) is 0 Å². The number of rotatable bonds is 7. The highest BCUT2D eigenvalue weighted by atomic mass is 35.5. The third-order valence-electron chi connectivity index (χ3n) is 4.32. The van der Waals surface area contributed by atoms with Crippen LogP contribution in [0.1, 0.15) is 29.7 Å². The molecule has 3 aromatic carbocycles. The standard InChI is InChI=1S/C22H20Cl2FNO/c1-15(16-5-3-2-4-6-16)26-13-18-11-19(23)8-10-22(18)27-14-17-7-9-20(25)12-21(17)24/h2-12,15,26H,13-14H2,1H3/t15-/m0/s1. The minimum Gasteiger partial charge on any atom is -0.489 e. The Morgan fingerprint density at radius 2 is 1.74 bits per heavy atom. The molecule has 0 aliphatic rings. The van der Waals surface area contributed by atoms with Crippen LogP contribution in [0.2, 0.25) is 10.0 Å². The SMILES string of the molecule is C[C@H](NCc1cc(Cl)ccc1OCc1ccc(F)cc1Cl)c1ccccc1. The molecule has 0 aliphatic heterocycles. The minimum absolute atomic E-state index is 0.185. The number of ether oxygens (including phenoxy) is 1. The van der Waals surface area contributed by atoms with Crippen LogP contribution in [0.5, 0.6) is 5.75 Å². The van der Waals surface area contributed by atoms with Gasteiger partial charge in [0, 0.05) is 28.7 Å². The first-order chi connectivity index (χ1) is 13.0. The van der Waals surface area contributed by atoms with Gasteiger partial charge >= 0.3 is 0 Å². The summed E-state index contributed by atoms with van der Waals surface area (Å²) in [6.45, 7) is 2.96. The zero-order chi connectivity index (χ0) is 19.2. The minimum atomic E-state index is -0.366. The van der Waals surface area contributed by atoms with E-state index in [4.69, 9.17) is 27.9 Å². The normalized spacial score (nSPS) is 12.0. The zero-order valence-corrected chi connectivity index (χ0v) is 16.4. The van der Waals surface area contributed by atoms with Crippen molar-refractivity contribution < 1.29 is 9.13 Å². The summed E-state index contributed by atoms with van der Waals surface area (Å²) >= 11 is 12.2. The summed E-state index contributed by atoms with van der Waals surface area (Å²) in [5.74, 6) is 0.350. The lowest BCUT2D eigenvalue weighted by Gasteiger charge is -2.17. The second kappa shape index (κ2) is 9.23. The van der Waals surface area contributed by atoms with E-state index in [-0.39, 0.29) is 18.5 Å². The number of benzene rings is 3. The number of hydrogen-bond donors (Lipinski definition) is 1. The van der Waals surface area contributed by atoms with Crippen LogP contribution >= 0.6 is 23.2 Å². The highest BCUT2D eigenvalue weighted by Gasteiger charge is 2.10. The van der Waals surface area contributed by atoms with E-state index < -0.39 is 0 Å². The lowest BCUT2D eigenvalue weighted by molar-refractivity contribution is 0.301. The largest absolute Gasteiger partial charge is 0.489 e. The van der Waals surface area contributed by atoms with Crippen LogP contribution in [0.25, 0.3) is 0 Å². The third kappa shape index (κ3) is 5.46. The molecule has 0 heterocycles. The summed E-state index contributed by atoms with van der Waals surface area (Å²) in [6, 6.07) is 20.2. The van der Waals surface area contributed by atoms with E-state index in [0.29, 0.717) is 22.3 Å². The molecule has 27 heavy (non-hydrogen) atoms. The molecule has 3 rings (SSSR count). The second-order valence-corrected chi connectivity index (χ2v) is 7.13. The Morgan fingerprint density at radius 1 is 0.963 bits per heavy atom. The van der Waals surface area contributed by atoms with Gasteiger partial charge in [-0.15, -0.1) is 0 Å². The third-order valence-corrected chi connectivity index (χ3v) is 4.91. The highest BCUT2D eigenvalue weighted by molar-refractivity contribution is 6.31. The molecule has 0 aromatic heterocycles. The Balaban J connectivity index is 1.69. The lowest BCUT2D eigenvalue weighted by Crippen LogP contribution is -2.18. The van der Waals surface area contributed by atoms with Gasteiger partial charge < -0.3 is 10.1 Å². The molecular formula is C22H20Cl2FNO. The van der Waals surface area contributed by atoms with E-state index in [1.165, 1.54) is 17.7 Å². The van der Waals surface area contributed by atoms with E-state index in [1.54, 1.807) is 12.1 Å². The van der Waals surface area contributed by atoms with Crippen LogP contribution in [0, 0.1) is 5.82 Å². The van der Waals surface area contributed by atoms with Gasteiger partial charge in [0.25, 0.3) is 0 Å². The average Bonchev–Trinajstić information content (AvgIpc) is 2.67. The molecule has 140 valence electrons. The Kier molecular flexibility index (Phi) is 6.73. The molecule has 3 aromatic rings. The smallest absolute Gasteiger partial charge is 0.124 e. The molecule has 1 atom stereocenters. The zero-order valence-electron chi connectivity index (χ0n) is 14.9. The van der Waals surface area contributed by atoms with Crippen LogP contribution in [-0.4, -0.2) is 0 Å². The van der Waals surface area contributed by atoms with Crippen molar-refractivity contribution >= 4 is 23.2 Å². The van der Waals surface area contributed by atoms with Crippen LogP contribution in [0.15, 0.2) is 66.7 Å². The first-order valence-electron chi connectivity index (χ1n) is 8.66. The molecule has 0 radical (unpaired) electrons. The molecule has 2 nitrogen and oxygen atoms in total. The summed E-state index contributed by atoms with van der Waals surface area (Å²) in [7, 11) is 0. The van der Waals surface area contributed by atoms with E-state index in [0.717, 1.165) is 11.1 Å². The fraction of sp³-hybridized carbons (Fsp3) is 0.182. The highest BCUT2D eigenvalue weighted by Crippen LogP contribution is 2.26. The molecule has 0 spiro atoms. The van der Waals surface area contributed by atoms with Crippen LogP contribution < -0.4 is 10.1 Å². The molecule has 0 aliphatic carbocycles. The van der Waals surface area contributed by atoms with Gasteiger partial charge in [-0.2, -0.15) is 0 Å². The van der Waals surface area contributed by atoms with E-state index in [9.17, 15) is 4.39 Å². The number of nitrogens with one attached hydrogen (secondary N) is 1. The molecule has 0 bridgehead atoms. The molecule has 0 saturated carbocycles. The van der Waals surface area contributed by atoms with Crippen LogP contribution in [0.4, 0.5) is 4.39 Å². The summed E-state index contributed by atoms with van der Waals surface area (Å²) in [5, 5.41) is 4.48. The van der Waals surface area contributed by atoms with Crippen molar-refractivity contribution in [3.05, 3.63) is 99.3 Å². The van der Waals surface area contributed by atoms with E-state index >= 15 is 0 Å². The Bertz CT molecular complexity index is 902. The van der Waals surface area contributed by atoms with Gasteiger partial charge in [-0.05, 0) is 42.8 Å². The average molecular weight is 404 g/mol. The van der Waals surface area contributed by atoms with Crippen molar-refractivity contribution in [1.29, 1.82) is 0 Å². The van der Waals surface area contributed by atoms with Gasteiger partial charge in [-0.25, -0.2) is 4.39 Å².